The van der Waals surface area contributed by atoms with Crippen LogP contribution in [0.2, 0.25) is 5.02 Å². The highest BCUT2D eigenvalue weighted by Gasteiger charge is 2.01. The van der Waals surface area contributed by atoms with Gasteiger partial charge in [-0.25, -0.2) is 0 Å². The molecule has 1 amide bonds. The van der Waals surface area contributed by atoms with E-state index in [1.165, 1.54) is 19.3 Å². The average Bonchev–Trinajstić information content (AvgIpc) is 2.49. The van der Waals surface area contributed by atoms with E-state index < -0.39 is 0 Å². The molecule has 2 aromatic rings. The number of benzene rings is 2. The Morgan fingerprint density at radius 1 is 1.24 bits per heavy atom. The van der Waals surface area contributed by atoms with E-state index in [0.717, 1.165) is 5.56 Å². The summed E-state index contributed by atoms with van der Waals surface area (Å²) in [6.07, 6.45) is 3.04. The minimum atomic E-state index is -0.260. The summed E-state index contributed by atoms with van der Waals surface area (Å²) >= 11 is 5.77. The molecule has 0 atom stereocenters. The van der Waals surface area contributed by atoms with Gasteiger partial charge in [0.25, 0.3) is 0 Å². The lowest BCUT2D eigenvalue weighted by Crippen LogP contribution is -2.07. The Balaban J connectivity index is 2.03. The normalized spacial score (nSPS) is 10.6. The summed E-state index contributed by atoms with van der Waals surface area (Å²) in [4.78, 5) is 11.8. The molecule has 5 heteroatoms. The average molecular weight is 304 g/mol. The summed E-state index contributed by atoms with van der Waals surface area (Å²) in [5.74, 6) is 0.153. The molecule has 0 unspecified atom stereocenters. The van der Waals surface area contributed by atoms with E-state index in [0.29, 0.717) is 16.5 Å². The van der Waals surface area contributed by atoms with E-state index in [1.54, 1.807) is 42.5 Å². The third-order valence-electron chi connectivity index (χ3n) is 2.74. The van der Waals surface area contributed by atoms with Crippen molar-refractivity contribution in [2.75, 3.05) is 12.4 Å². The summed E-state index contributed by atoms with van der Waals surface area (Å²) in [5.41, 5.74) is 1.41. The number of ether oxygens (including phenoxy) is 1. The topological polar surface area (TPSA) is 58.6 Å². The monoisotopic (exact) mass is 303 g/mol. The molecule has 21 heavy (non-hydrogen) atoms. The van der Waals surface area contributed by atoms with Crippen LogP contribution < -0.4 is 10.1 Å². The van der Waals surface area contributed by atoms with E-state index in [1.807, 2.05) is 0 Å². The van der Waals surface area contributed by atoms with Crippen LogP contribution in [0.25, 0.3) is 6.08 Å². The van der Waals surface area contributed by atoms with Crippen LogP contribution in [-0.4, -0.2) is 18.1 Å². The fourth-order valence-corrected chi connectivity index (χ4v) is 1.81. The molecule has 0 heterocycles. The van der Waals surface area contributed by atoms with Crippen LogP contribution in [0.3, 0.4) is 0 Å². The van der Waals surface area contributed by atoms with Gasteiger partial charge in [-0.1, -0.05) is 17.7 Å². The van der Waals surface area contributed by atoms with Crippen molar-refractivity contribution in [2.24, 2.45) is 0 Å². The molecule has 0 saturated heterocycles. The van der Waals surface area contributed by atoms with E-state index in [-0.39, 0.29) is 11.7 Å². The number of nitrogens with one attached hydrogen (secondary N) is 1. The number of hydrogen-bond acceptors (Lipinski definition) is 3. The number of carbonyl (C=O) groups is 1. The molecule has 2 N–H and O–H groups in total. The summed E-state index contributed by atoms with van der Waals surface area (Å²) < 4.78 is 5.00. The van der Waals surface area contributed by atoms with Gasteiger partial charge in [-0.05, 0) is 48.0 Å². The van der Waals surface area contributed by atoms with Crippen molar-refractivity contribution in [3.8, 4) is 11.5 Å². The van der Waals surface area contributed by atoms with E-state index in [9.17, 15) is 9.90 Å². The fourth-order valence-electron chi connectivity index (χ4n) is 1.69. The number of aromatic hydroxyl groups is 1. The van der Waals surface area contributed by atoms with E-state index in [4.69, 9.17) is 16.3 Å². The maximum Gasteiger partial charge on any atom is 0.248 e. The molecule has 0 aliphatic rings. The number of hydrogen-bond donors (Lipinski definition) is 2. The first kappa shape index (κ1) is 14.9. The van der Waals surface area contributed by atoms with Gasteiger partial charge in [0, 0.05) is 16.8 Å². The van der Waals surface area contributed by atoms with Crippen LogP contribution in [0.4, 0.5) is 5.69 Å². The van der Waals surface area contributed by atoms with Gasteiger partial charge >= 0.3 is 0 Å². The molecule has 0 aliphatic carbocycles. The molecule has 0 aromatic heterocycles. The Morgan fingerprint density at radius 2 is 1.95 bits per heavy atom. The maximum atomic E-state index is 11.8. The van der Waals surface area contributed by atoms with Gasteiger partial charge in [-0.2, -0.15) is 0 Å². The van der Waals surface area contributed by atoms with Crippen molar-refractivity contribution in [1.29, 1.82) is 0 Å². The number of halogens is 1. The molecule has 0 saturated carbocycles. The van der Waals surface area contributed by atoms with Crippen LogP contribution in [0.1, 0.15) is 5.56 Å². The van der Waals surface area contributed by atoms with Crippen molar-refractivity contribution < 1.29 is 14.6 Å². The SMILES string of the molecule is COc1cc(/C=C/C(=O)Nc2ccc(Cl)cc2)ccc1O. The zero-order valence-electron chi connectivity index (χ0n) is 11.3. The zero-order valence-corrected chi connectivity index (χ0v) is 12.1. The van der Waals surface area contributed by atoms with Crippen molar-refractivity contribution >= 4 is 29.3 Å². The Morgan fingerprint density at radius 3 is 2.62 bits per heavy atom. The van der Waals surface area contributed by atoms with Gasteiger partial charge in [-0.15, -0.1) is 0 Å². The summed E-state index contributed by atoms with van der Waals surface area (Å²) in [6, 6.07) is 11.7. The molecule has 2 aromatic carbocycles. The quantitative estimate of drug-likeness (QED) is 0.847. The molecule has 0 spiro atoms. The standard InChI is InChI=1S/C16H14ClNO3/c1-21-15-10-11(2-8-14(15)19)3-9-16(20)18-13-6-4-12(17)5-7-13/h2-10,19H,1H3,(H,18,20)/b9-3+. The highest BCUT2D eigenvalue weighted by molar-refractivity contribution is 6.30. The third-order valence-corrected chi connectivity index (χ3v) is 2.99. The van der Waals surface area contributed by atoms with Crippen molar-refractivity contribution in [3.05, 3.63) is 59.1 Å². The molecule has 0 radical (unpaired) electrons. The summed E-state index contributed by atoms with van der Waals surface area (Å²) in [6.45, 7) is 0. The summed E-state index contributed by atoms with van der Waals surface area (Å²) in [5, 5.41) is 12.8. The van der Waals surface area contributed by atoms with Gasteiger partial charge in [-0.3, -0.25) is 4.79 Å². The van der Waals surface area contributed by atoms with Crippen molar-refractivity contribution in [2.45, 2.75) is 0 Å². The van der Waals surface area contributed by atoms with E-state index in [2.05, 4.69) is 5.32 Å². The molecular weight excluding hydrogens is 290 g/mol. The van der Waals surface area contributed by atoms with Gasteiger partial charge in [0.1, 0.15) is 0 Å². The summed E-state index contributed by atoms with van der Waals surface area (Å²) in [7, 11) is 1.47. The molecule has 108 valence electrons. The predicted octanol–water partition coefficient (Wildman–Crippen LogP) is 3.71. The number of phenolic OH excluding ortho intramolecular Hbond substituents is 1. The zero-order chi connectivity index (χ0) is 15.2. The number of amides is 1. The fraction of sp³-hybridized carbons (Fsp3) is 0.0625. The highest BCUT2D eigenvalue weighted by Crippen LogP contribution is 2.26. The molecular formula is C16H14ClNO3. The second-order valence-electron chi connectivity index (χ2n) is 4.26. The van der Waals surface area contributed by atoms with Gasteiger partial charge in [0.15, 0.2) is 11.5 Å². The second kappa shape index (κ2) is 6.81. The first-order valence-electron chi connectivity index (χ1n) is 6.20. The van der Waals surface area contributed by atoms with Crippen LogP contribution in [0.15, 0.2) is 48.5 Å². The number of anilines is 1. The highest BCUT2D eigenvalue weighted by atomic mass is 35.5. The smallest absolute Gasteiger partial charge is 0.248 e. The number of methoxy groups -OCH3 is 1. The van der Waals surface area contributed by atoms with Crippen LogP contribution in [0.5, 0.6) is 11.5 Å². The van der Waals surface area contributed by atoms with Gasteiger partial charge in [0.2, 0.25) is 5.91 Å². The minimum absolute atomic E-state index is 0.0558. The molecule has 0 bridgehead atoms. The first-order chi connectivity index (χ1) is 10.1. The Labute approximate surface area is 127 Å². The lowest BCUT2D eigenvalue weighted by atomic mass is 10.2. The third kappa shape index (κ3) is 4.26. The molecule has 0 fully saturated rings. The lowest BCUT2D eigenvalue weighted by molar-refractivity contribution is -0.111. The minimum Gasteiger partial charge on any atom is -0.504 e. The molecule has 4 nitrogen and oxygen atoms in total. The molecule has 0 aliphatic heterocycles. The van der Waals surface area contributed by atoms with Crippen molar-refractivity contribution in [1.82, 2.24) is 0 Å². The first-order valence-corrected chi connectivity index (χ1v) is 6.58. The second-order valence-corrected chi connectivity index (χ2v) is 4.70. The van der Waals surface area contributed by atoms with Gasteiger partial charge in [0.05, 0.1) is 7.11 Å². The Bertz CT molecular complexity index is 666. The molecule has 2 rings (SSSR count). The van der Waals surface area contributed by atoms with Gasteiger partial charge < -0.3 is 15.2 Å². The Kier molecular flexibility index (Phi) is 4.85. The van der Waals surface area contributed by atoms with Crippen molar-refractivity contribution in [3.63, 3.8) is 0 Å². The van der Waals surface area contributed by atoms with E-state index >= 15 is 0 Å². The van der Waals surface area contributed by atoms with Crippen LogP contribution in [-0.2, 0) is 4.79 Å². The lowest BCUT2D eigenvalue weighted by Gasteiger charge is -2.04. The van der Waals surface area contributed by atoms with Crippen LogP contribution in [0, 0.1) is 0 Å². The number of rotatable bonds is 4. The van der Waals surface area contributed by atoms with Crippen LogP contribution >= 0.6 is 11.6 Å². The Hall–Kier alpha value is -2.46. The predicted molar refractivity (Wildman–Crippen MR) is 83.8 cm³/mol. The number of phenols is 1. The largest absolute Gasteiger partial charge is 0.504 e. The number of carbonyl (C=O) groups excluding carboxylic acids is 1. The maximum absolute atomic E-state index is 11.8.